The summed E-state index contributed by atoms with van der Waals surface area (Å²) in [5.41, 5.74) is 6.05. The van der Waals surface area contributed by atoms with Gasteiger partial charge in [0.2, 0.25) is 0 Å². The van der Waals surface area contributed by atoms with Crippen LogP contribution in [-0.2, 0) is 21.3 Å². The first kappa shape index (κ1) is 16.0. The van der Waals surface area contributed by atoms with Crippen LogP contribution >= 0.6 is 23.2 Å². The molecule has 1 aromatic rings. The van der Waals surface area contributed by atoms with Crippen LogP contribution in [0.2, 0.25) is 10.0 Å². The van der Waals surface area contributed by atoms with Gasteiger partial charge < -0.3 is 10.5 Å². The van der Waals surface area contributed by atoms with Crippen molar-refractivity contribution in [3.05, 3.63) is 27.7 Å². The molecule has 9 heteroatoms. The van der Waals surface area contributed by atoms with Crippen molar-refractivity contribution in [1.29, 1.82) is 0 Å². The molecule has 6 nitrogen and oxygen atoms in total. The van der Waals surface area contributed by atoms with Gasteiger partial charge in [-0.05, 0) is 17.7 Å². The summed E-state index contributed by atoms with van der Waals surface area (Å²) in [6, 6.07) is 2.78. The van der Waals surface area contributed by atoms with Crippen LogP contribution in [0.4, 0.5) is 0 Å². The van der Waals surface area contributed by atoms with Gasteiger partial charge in [0.25, 0.3) is 10.0 Å². The summed E-state index contributed by atoms with van der Waals surface area (Å²) in [6.07, 6.45) is 0. The fourth-order valence-corrected chi connectivity index (χ4v) is 3.81. The topological polar surface area (TPSA) is 84.7 Å². The Hall–Kier alpha value is -0.410. The van der Waals surface area contributed by atoms with E-state index in [1.807, 2.05) is 0 Å². The molecule has 1 fully saturated rings. The largest absolute Gasteiger partial charge is 0.379 e. The number of morpholine rings is 1. The molecule has 20 heavy (non-hydrogen) atoms. The van der Waals surface area contributed by atoms with Crippen LogP contribution in [0.25, 0.3) is 0 Å². The van der Waals surface area contributed by atoms with Crippen molar-refractivity contribution in [2.24, 2.45) is 5.73 Å². The lowest BCUT2D eigenvalue weighted by molar-refractivity contribution is 0.0272. The molecule has 112 valence electrons. The van der Waals surface area contributed by atoms with E-state index in [0.29, 0.717) is 36.9 Å². The summed E-state index contributed by atoms with van der Waals surface area (Å²) in [4.78, 5) is 2.45. The predicted octanol–water partition coefficient (Wildman–Crippen LogP) is 0.978. The molecule has 0 aromatic heterocycles. The minimum Gasteiger partial charge on any atom is -0.379 e. The van der Waals surface area contributed by atoms with Crippen LogP contribution < -0.4 is 10.6 Å². The fraction of sp³-hybridized carbons (Fsp3) is 0.455. The van der Waals surface area contributed by atoms with Crippen molar-refractivity contribution in [2.75, 3.05) is 26.3 Å². The molecule has 0 saturated carbocycles. The van der Waals surface area contributed by atoms with Crippen molar-refractivity contribution in [2.45, 2.75) is 11.4 Å². The first-order valence-corrected chi connectivity index (χ1v) is 8.21. The maximum atomic E-state index is 12.3. The molecule has 0 radical (unpaired) electrons. The third-order valence-electron chi connectivity index (χ3n) is 2.87. The van der Waals surface area contributed by atoms with Gasteiger partial charge in [0.15, 0.2) is 0 Å². The molecule has 0 unspecified atom stereocenters. The van der Waals surface area contributed by atoms with E-state index in [4.69, 9.17) is 33.7 Å². The number of nitrogens with two attached hydrogens (primary N) is 1. The molecular formula is C11H15Cl2N3O3S. The number of rotatable bonds is 4. The molecule has 3 N–H and O–H groups in total. The number of ether oxygens (including phenoxy) is 1. The van der Waals surface area contributed by atoms with Crippen molar-refractivity contribution >= 4 is 33.2 Å². The highest BCUT2D eigenvalue weighted by molar-refractivity contribution is 7.89. The highest BCUT2D eigenvalue weighted by Crippen LogP contribution is 2.28. The molecule has 1 aromatic carbocycles. The molecule has 1 aliphatic rings. The molecule has 0 aliphatic carbocycles. The average Bonchev–Trinajstić information content (AvgIpc) is 2.39. The molecular weight excluding hydrogens is 325 g/mol. The number of hydrogen-bond acceptors (Lipinski definition) is 5. The molecule has 0 spiro atoms. The predicted molar refractivity (Wildman–Crippen MR) is 77.1 cm³/mol. The number of halogens is 2. The second-order valence-electron chi connectivity index (χ2n) is 4.27. The van der Waals surface area contributed by atoms with E-state index in [1.165, 1.54) is 12.1 Å². The number of hydrazine groups is 1. The van der Waals surface area contributed by atoms with Crippen LogP contribution in [0.1, 0.15) is 5.56 Å². The van der Waals surface area contributed by atoms with Gasteiger partial charge in [0.05, 0.1) is 18.2 Å². The Bertz CT molecular complexity index is 589. The van der Waals surface area contributed by atoms with Crippen LogP contribution in [0.3, 0.4) is 0 Å². The van der Waals surface area contributed by atoms with Gasteiger partial charge in [0, 0.05) is 24.7 Å². The van der Waals surface area contributed by atoms with E-state index in [2.05, 4.69) is 4.83 Å². The van der Waals surface area contributed by atoms with E-state index < -0.39 is 10.0 Å². The van der Waals surface area contributed by atoms with Gasteiger partial charge in [-0.15, -0.1) is 4.83 Å². The van der Waals surface area contributed by atoms with Crippen LogP contribution in [0.15, 0.2) is 17.0 Å². The van der Waals surface area contributed by atoms with Gasteiger partial charge in [-0.25, -0.2) is 13.4 Å². The lowest BCUT2D eigenvalue weighted by Gasteiger charge is -2.27. The smallest absolute Gasteiger partial charge is 0.254 e. The van der Waals surface area contributed by atoms with Crippen LogP contribution in [-0.4, -0.2) is 39.7 Å². The molecule has 2 rings (SSSR count). The Morgan fingerprint density at radius 3 is 2.50 bits per heavy atom. The lowest BCUT2D eigenvalue weighted by atomic mass is 10.2. The molecule has 0 atom stereocenters. The zero-order chi connectivity index (χ0) is 14.8. The van der Waals surface area contributed by atoms with E-state index in [9.17, 15) is 8.42 Å². The van der Waals surface area contributed by atoms with E-state index >= 15 is 0 Å². The molecule has 0 bridgehead atoms. The number of sulfonamides is 1. The van der Waals surface area contributed by atoms with Gasteiger partial charge in [-0.3, -0.25) is 0 Å². The zero-order valence-electron chi connectivity index (χ0n) is 10.6. The highest BCUT2D eigenvalue weighted by atomic mass is 35.5. The summed E-state index contributed by atoms with van der Waals surface area (Å²) in [7, 11) is -3.77. The van der Waals surface area contributed by atoms with Gasteiger partial charge in [0.1, 0.15) is 4.90 Å². The Kier molecular flexibility index (Phi) is 5.25. The zero-order valence-corrected chi connectivity index (χ0v) is 12.9. The maximum Gasteiger partial charge on any atom is 0.254 e. The van der Waals surface area contributed by atoms with E-state index in [-0.39, 0.29) is 16.5 Å². The maximum absolute atomic E-state index is 12.3. The van der Waals surface area contributed by atoms with Gasteiger partial charge in [-0.1, -0.05) is 23.2 Å². The first-order valence-electron chi connectivity index (χ1n) is 5.97. The molecule has 1 heterocycles. The molecule has 1 saturated heterocycles. The lowest BCUT2D eigenvalue weighted by Crippen LogP contribution is -2.48. The summed E-state index contributed by atoms with van der Waals surface area (Å²) in [5.74, 6) is 0. The summed E-state index contributed by atoms with van der Waals surface area (Å²) in [6.45, 7) is 2.05. The van der Waals surface area contributed by atoms with Crippen LogP contribution in [0, 0.1) is 0 Å². The molecule has 0 amide bonds. The second-order valence-corrected chi connectivity index (χ2v) is 6.72. The Morgan fingerprint density at radius 2 is 1.90 bits per heavy atom. The van der Waals surface area contributed by atoms with Crippen molar-refractivity contribution in [1.82, 2.24) is 9.84 Å². The van der Waals surface area contributed by atoms with Crippen LogP contribution in [0.5, 0.6) is 0 Å². The van der Waals surface area contributed by atoms with Gasteiger partial charge in [-0.2, -0.15) is 0 Å². The van der Waals surface area contributed by atoms with E-state index in [1.54, 1.807) is 5.01 Å². The van der Waals surface area contributed by atoms with E-state index in [0.717, 1.165) is 0 Å². The van der Waals surface area contributed by atoms with Crippen molar-refractivity contribution in [3.8, 4) is 0 Å². The number of nitrogens with one attached hydrogen (secondary N) is 1. The number of hydrogen-bond donors (Lipinski definition) is 2. The minimum atomic E-state index is -3.77. The quantitative estimate of drug-likeness (QED) is 0.854. The Morgan fingerprint density at radius 1 is 1.25 bits per heavy atom. The van der Waals surface area contributed by atoms with Gasteiger partial charge >= 0.3 is 0 Å². The first-order chi connectivity index (χ1) is 9.44. The third kappa shape index (κ3) is 3.62. The molecule has 1 aliphatic heterocycles. The summed E-state index contributed by atoms with van der Waals surface area (Å²) < 4.78 is 29.8. The summed E-state index contributed by atoms with van der Waals surface area (Å²) >= 11 is 11.9. The average molecular weight is 340 g/mol. The van der Waals surface area contributed by atoms with Crippen molar-refractivity contribution < 1.29 is 13.2 Å². The number of benzene rings is 1. The second kappa shape index (κ2) is 6.57. The highest BCUT2D eigenvalue weighted by Gasteiger charge is 2.23. The standard InChI is InChI=1S/C11H15Cl2N3O3S/c12-9-6-10(13)11(5-8(9)7-14)20(17,18)15-16-1-3-19-4-2-16/h5-6,15H,1-4,7,14H2. The van der Waals surface area contributed by atoms with Crippen molar-refractivity contribution in [3.63, 3.8) is 0 Å². The number of nitrogens with zero attached hydrogens (tertiary/aromatic N) is 1. The summed E-state index contributed by atoms with van der Waals surface area (Å²) in [5, 5.41) is 1.99. The monoisotopic (exact) mass is 339 g/mol. The minimum absolute atomic E-state index is 0.0319. The Balaban J connectivity index is 2.28. The normalized spacial score (nSPS) is 17.4. The SMILES string of the molecule is NCc1cc(S(=O)(=O)NN2CCOCC2)c(Cl)cc1Cl. The fourth-order valence-electron chi connectivity index (χ4n) is 1.81. The third-order valence-corrected chi connectivity index (χ3v) is 5.06. The Labute approximate surface area is 127 Å².